The first kappa shape index (κ1) is 17.1. The number of carbonyl (C=O) groups excluding carboxylic acids is 1. The molecule has 0 radical (unpaired) electrons. The summed E-state index contributed by atoms with van der Waals surface area (Å²) in [5.74, 6) is -0.0324. The number of β-amino-alcohol motifs (C(OH)–C–C–N with tert-alkyl or cyclic N) is 1. The predicted molar refractivity (Wildman–Crippen MR) is 103 cm³/mol. The van der Waals surface area contributed by atoms with E-state index in [1.54, 1.807) is 10.4 Å². The fraction of sp³-hybridized carbons (Fsp3) is 0.300. The number of hydrogen-bond donors (Lipinski definition) is 1. The predicted octanol–water partition coefficient (Wildman–Crippen LogP) is 2.61. The van der Waals surface area contributed by atoms with Crippen LogP contribution in [0.5, 0.6) is 0 Å². The van der Waals surface area contributed by atoms with Crippen LogP contribution >= 0.6 is 11.3 Å². The van der Waals surface area contributed by atoms with Crippen LogP contribution in [0.4, 0.5) is 0 Å². The second-order valence-electron chi connectivity index (χ2n) is 6.78. The number of amides is 1. The summed E-state index contributed by atoms with van der Waals surface area (Å²) in [5.41, 5.74) is 4.55. The molecular formula is C20H21N3O2S. The minimum atomic E-state index is -0.542. The highest BCUT2D eigenvalue weighted by Crippen LogP contribution is 2.23. The molecule has 4 rings (SSSR count). The monoisotopic (exact) mass is 367 g/mol. The average molecular weight is 367 g/mol. The van der Waals surface area contributed by atoms with Crippen molar-refractivity contribution in [3.05, 3.63) is 65.2 Å². The molecule has 1 saturated heterocycles. The van der Waals surface area contributed by atoms with Crippen molar-refractivity contribution in [1.29, 1.82) is 0 Å². The molecule has 1 amide bonds. The van der Waals surface area contributed by atoms with Crippen LogP contribution in [0, 0.1) is 0 Å². The van der Waals surface area contributed by atoms with Crippen LogP contribution in [-0.4, -0.2) is 58.1 Å². The standard InChI is InChI=1S/C20H21N3O2S/c1-22(10-14-5-3-2-4-6-14)17-11-23(12-18(17)24)20(25)15-7-8-16-19(9-15)26-13-21-16/h2-9,13,17-18,24H,10-12H2,1H3/t17-,18-/m0/s1. The smallest absolute Gasteiger partial charge is 0.254 e. The van der Waals surface area contributed by atoms with E-state index in [0.29, 0.717) is 18.7 Å². The number of carbonyl (C=O) groups is 1. The van der Waals surface area contributed by atoms with Crippen molar-refractivity contribution >= 4 is 27.5 Å². The minimum absolute atomic E-state index is 0.0324. The number of rotatable bonds is 4. The molecule has 134 valence electrons. The van der Waals surface area contributed by atoms with Crippen molar-refractivity contribution in [2.24, 2.45) is 0 Å². The van der Waals surface area contributed by atoms with Crippen LogP contribution < -0.4 is 0 Å². The Morgan fingerprint density at radius 2 is 2.08 bits per heavy atom. The second kappa shape index (κ2) is 7.15. The molecule has 1 N–H and O–H groups in total. The molecule has 2 aromatic carbocycles. The Hall–Kier alpha value is -2.28. The molecule has 5 nitrogen and oxygen atoms in total. The lowest BCUT2D eigenvalue weighted by molar-refractivity contribution is 0.0763. The van der Waals surface area contributed by atoms with E-state index in [0.717, 1.165) is 16.8 Å². The highest BCUT2D eigenvalue weighted by Gasteiger charge is 2.36. The Labute approximate surface area is 156 Å². The highest BCUT2D eigenvalue weighted by molar-refractivity contribution is 7.16. The largest absolute Gasteiger partial charge is 0.390 e. The number of benzene rings is 2. The summed E-state index contributed by atoms with van der Waals surface area (Å²) < 4.78 is 1.01. The first-order valence-corrected chi connectivity index (χ1v) is 9.54. The van der Waals surface area contributed by atoms with Gasteiger partial charge in [0, 0.05) is 25.2 Å². The molecule has 26 heavy (non-hydrogen) atoms. The number of aromatic nitrogens is 1. The Balaban J connectivity index is 1.46. The summed E-state index contributed by atoms with van der Waals surface area (Å²) >= 11 is 1.53. The molecule has 1 aliphatic rings. The number of hydrogen-bond acceptors (Lipinski definition) is 5. The summed E-state index contributed by atoms with van der Waals surface area (Å²) in [4.78, 5) is 21.0. The lowest BCUT2D eigenvalue weighted by atomic mass is 10.1. The van der Waals surface area contributed by atoms with Gasteiger partial charge in [0.2, 0.25) is 0 Å². The fourth-order valence-corrected chi connectivity index (χ4v) is 4.24. The molecule has 2 atom stereocenters. The molecule has 2 heterocycles. The van der Waals surface area contributed by atoms with E-state index in [4.69, 9.17) is 0 Å². The Bertz CT molecular complexity index is 912. The van der Waals surface area contributed by atoms with E-state index in [9.17, 15) is 9.90 Å². The number of nitrogens with zero attached hydrogens (tertiary/aromatic N) is 3. The third kappa shape index (κ3) is 3.35. The number of thiazole rings is 1. The third-order valence-electron chi connectivity index (χ3n) is 4.97. The lowest BCUT2D eigenvalue weighted by Crippen LogP contribution is -2.40. The lowest BCUT2D eigenvalue weighted by Gasteiger charge is -2.26. The van der Waals surface area contributed by atoms with E-state index in [1.165, 1.54) is 16.9 Å². The van der Waals surface area contributed by atoms with Crippen molar-refractivity contribution in [3.63, 3.8) is 0 Å². The molecule has 1 aromatic heterocycles. The first-order valence-electron chi connectivity index (χ1n) is 8.66. The molecule has 3 aromatic rings. The van der Waals surface area contributed by atoms with E-state index < -0.39 is 6.10 Å². The van der Waals surface area contributed by atoms with Gasteiger partial charge in [0.25, 0.3) is 5.91 Å². The fourth-order valence-electron chi connectivity index (χ4n) is 3.53. The zero-order valence-corrected chi connectivity index (χ0v) is 15.4. The summed E-state index contributed by atoms with van der Waals surface area (Å²) in [5, 5.41) is 10.5. The van der Waals surface area contributed by atoms with Gasteiger partial charge in [-0.2, -0.15) is 0 Å². The van der Waals surface area contributed by atoms with Gasteiger partial charge in [-0.15, -0.1) is 11.3 Å². The van der Waals surface area contributed by atoms with Gasteiger partial charge in [0.05, 0.1) is 27.9 Å². The molecule has 1 fully saturated rings. The molecule has 0 saturated carbocycles. The molecular weight excluding hydrogens is 346 g/mol. The van der Waals surface area contributed by atoms with Crippen LogP contribution in [0.25, 0.3) is 10.2 Å². The van der Waals surface area contributed by atoms with Crippen LogP contribution in [0.2, 0.25) is 0 Å². The maximum absolute atomic E-state index is 12.9. The zero-order valence-electron chi connectivity index (χ0n) is 14.6. The maximum atomic E-state index is 12.9. The summed E-state index contributed by atoms with van der Waals surface area (Å²) in [7, 11) is 2.00. The van der Waals surface area contributed by atoms with Crippen LogP contribution in [-0.2, 0) is 6.54 Å². The minimum Gasteiger partial charge on any atom is -0.390 e. The quantitative estimate of drug-likeness (QED) is 0.770. The van der Waals surface area contributed by atoms with Gasteiger partial charge in [-0.1, -0.05) is 30.3 Å². The van der Waals surface area contributed by atoms with Gasteiger partial charge in [0.1, 0.15) is 0 Å². The molecule has 6 heteroatoms. The zero-order chi connectivity index (χ0) is 18.1. The van der Waals surface area contributed by atoms with Crippen molar-refractivity contribution in [3.8, 4) is 0 Å². The molecule has 1 aliphatic heterocycles. The normalized spacial score (nSPS) is 20.2. The van der Waals surface area contributed by atoms with E-state index in [-0.39, 0.29) is 11.9 Å². The molecule has 0 spiro atoms. The van der Waals surface area contributed by atoms with Gasteiger partial charge < -0.3 is 10.0 Å². The van der Waals surface area contributed by atoms with Gasteiger partial charge in [-0.05, 0) is 30.8 Å². The molecule has 0 unspecified atom stereocenters. The van der Waals surface area contributed by atoms with Crippen molar-refractivity contribution in [2.75, 3.05) is 20.1 Å². The topological polar surface area (TPSA) is 56.7 Å². The maximum Gasteiger partial charge on any atom is 0.254 e. The highest BCUT2D eigenvalue weighted by atomic mass is 32.1. The number of likely N-dealkylation sites (N-methyl/N-ethyl adjacent to an activating group) is 1. The average Bonchev–Trinajstić information content (AvgIpc) is 3.27. The Morgan fingerprint density at radius 1 is 1.27 bits per heavy atom. The molecule has 0 bridgehead atoms. The van der Waals surface area contributed by atoms with Crippen LogP contribution in [0.15, 0.2) is 54.0 Å². The van der Waals surface area contributed by atoms with Gasteiger partial charge in [-0.3, -0.25) is 9.69 Å². The Kier molecular flexibility index (Phi) is 4.72. The number of aliphatic hydroxyl groups is 1. The van der Waals surface area contributed by atoms with E-state index in [2.05, 4.69) is 22.0 Å². The SMILES string of the molecule is CN(Cc1ccccc1)[C@H]1CN(C(=O)c2ccc3ncsc3c2)C[C@@H]1O. The Morgan fingerprint density at radius 3 is 2.88 bits per heavy atom. The number of fused-ring (bicyclic) bond motifs is 1. The number of aliphatic hydroxyl groups excluding tert-OH is 1. The van der Waals surface area contributed by atoms with Gasteiger partial charge >= 0.3 is 0 Å². The van der Waals surface area contributed by atoms with Crippen LogP contribution in [0.3, 0.4) is 0 Å². The van der Waals surface area contributed by atoms with E-state index >= 15 is 0 Å². The van der Waals surface area contributed by atoms with Gasteiger partial charge in [-0.25, -0.2) is 4.98 Å². The van der Waals surface area contributed by atoms with Crippen molar-refractivity contribution in [2.45, 2.75) is 18.7 Å². The second-order valence-corrected chi connectivity index (χ2v) is 7.67. The van der Waals surface area contributed by atoms with Gasteiger partial charge in [0.15, 0.2) is 0 Å². The van der Waals surface area contributed by atoms with Crippen molar-refractivity contribution in [1.82, 2.24) is 14.8 Å². The van der Waals surface area contributed by atoms with Crippen LogP contribution in [0.1, 0.15) is 15.9 Å². The first-order chi connectivity index (χ1) is 12.6. The summed E-state index contributed by atoms with van der Waals surface area (Å²) in [6.45, 7) is 1.64. The summed E-state index contributed by atoms with van der Waals surface area (Å²) in [6.07, 6.45) is -0.542. The molecule has 0 aliphatic carbocycles. The third-order valence-corrected chi connectivity index (χ3v) is 5.76. The van der Waals surface area contributed by atoms with E-state index in [1.807, 2.05) is 43.4 Å². The summed E-state index contributed by atoms with van der Waals surface area (Å²) in [6, 6.07) is 15.7. The number of likely N-dealkylation sites (tertiary alicyclic amines) is 1. The van der Waals surface area contributed by atoms with Crippen molar-refractivity contribution < 1.29 is 9.90 Å².